The molecule has 2 aliphatic rings. The molecule has 2 bridgehead atoms. The van der Waals surface area contributed by atoms with E-state index in [1.54, 1.807) is 7.11 Å². The summed E-state index contributed by atoms with van der Waals surface area (Å²) in [6.45, 7) is 0.831. The molecule has 1 N–H and O–H groups in total. The molecular weight excluding hydrogens is 284 g/mol. The van der Waals surface area contributed by atoms with Gasteiger partial charge in [-0.25, -0.2) is 0 Å². The van der Waals surface area contributed by atoms with Gasteiger partial charge >= 0.3 is 0 Å². The van der Waals surface area contributed by atoms with Gasteiger partial charge < -0.3 is 15.0 Å². The molecule has 0 aromatic heterocycles. The summed E-state index contributed by atoms with van der Waals surface area (Å²) in [5.41, 5.74) is 1.15. The van der Waals surface area contributed by atoms with Gasteiger partial charge in [-0.15, -0.1) is 0 Å². The highest BCUT2D eigenvalue weighted by Crippen LogP contribution is 2.33. The van der Waals surface area contributed by atoms with E-state index < -0.39 is 0 Å². The summed E-state index contributed by atoms with van der Waals surface area (Å²) in [4.78, 5) is 2.60. The van der Waals surface area contributed by atoms with Gasteiger partial charge in [-0.3, -0.25) is 0 Å². The predicted molar refractivity (Wildman–Crippen MR) is 87.1 cm³/mol. The minimum Gasteiger partial charge on any atom is -0.496 e. The third-order valence-corrected chi connectivity index (χ3v) is 5.40. The molecule has 0 aliphatic carbocycles. The number of halogens is 1. The van der Waals surface area contributed by atoms with Crippen molar-refractivity contribution in [1.82, 2.24) is 10.2 Å². The van der Waals surface area contributed by atoms with Crippen molar-refractivity contribution in [2.24, 2.45) is 0 Å². The molecule has 0 amide bonds. The number of hydrogen-bond acceptors (Lipinski definition) is 3. The molecule has 4 heteroatoms. The van der Waals surface area contributed by atoms with Crippen LogP contribution in [0.2, 0.25) is 5.02 Å². The highest BCUT2D eigenvalue weighted by Gasteiger charge is 2.35. The molecule has 0 saturated carbocycles. The lowest BCUT2D eigenvalue weighted by atomic mass is 9.82. The highest BCUT2D eigenvalue weighted by molar-refractivity contribution is 6.30. The van der Waals surface area contributed by atoms with Crippen molar-refractivity contribution in [3.05, 3.63) is 28.8 Å². The van der Waals surface area contributed by atoms with Gasteiger partial charge in [0, 0.05) is 35.3 Å². The lowest BCUT2D eigenvalue weighted by molar-refractivity contribution is 0.0482. The summed E-state index contributed by atoms with van der Waals surface area (Å²) in [6.07, 6.45) is 6.62. The van der Waals surface area contributed by atoms with E-state index in [0.29, 0.717) is 6.04 Å². The molecule has 2 atom stereocenters. The van der Waals surface area contributed by atoms with Gasteiger partial charge in [-0.2, -0.15) is 0 Å². The molecule has 2 heterocycles. The summed E-state index contributed by atoms with van der Waals surface area (Å²) in [5, 5.41) is 4.49. The van der Waals surface area contributed by atoms with Crippen LogP contribution in [0.4, 0.5) is 0 Å². The van der Waals surface area contributed by atoms with Crippen LogP contribution < -0.4 is 10.1 Å². The zero-order valence-corrected chi connectivity index (χ0v) is 13.7. The Balaban J connectivity index is 1.62. The number of benzene rings is 1. The number of hydrogen-bond donors (Lipinski definition) is 1. The minimum atomic E-state index is 0.611. The second kappa shape index (κ2) is 6.55. The van der Waals surface area contributed by atoms with E-state index in [4.69, 9.17) is 16.3 Å². The first-order chi connectivity index (χ1) is 10.2. The maximum atomic E-state index is 6.10. The van der Waals surface area contributed by atoms with Crippen molar-refractivity contribution in [3.63, 3.8) is 0 Å². The zero-order valence-electron chi connectivity index (χ0n) is 12.9. The van der Waals surface area contributed by atoms with Crippen molar-refractivity contribution >= 4 is 11.6 Å². The molecule has 0 radical (unpaired) electrons. The molecule has 1 aromatic rings. The summed E-state index contributed by atoms with van der Waals surface area (Å²) in [6, 6.07) is 7.96. The summed E-state index contributed by atoms with van der Waals surface area (Å²) < 4.78 is 5.42. The molecule has 2 unspecified atom stereocenters. The summed E-state index contributed by atoms with van der Waals surface area (Å²) >= 11 is 6.10. The molecule has 0 spiro atoms. The van der Waals surface area contributed by atoms with Crippen molar-refractivity contribution in [2.45, 2.75) is 56.8 Å². The van der Waals surface area contributed by atoms with E-state index in [0.717, 1.165) is 35.0 Å². The van der Waals surface area contributed by atoms with Gasteiger partial charge in [-0.05, 0) is 50.9 Å². The number of fused-ring (bicyclic) bond motifs is 2. The summed E-state index contributed by atoms with van der Waals surface area (Å²) in [7, 11) is 4.01. The van der Waals surface area contributed by atoms with Crippen LogP contribution in [-0.4, -0.2) is 37.2 Å². The average Bonchev–Trinajstić information content (AvgIpc) is 2.45. The van der Waals surface area contributed by atoms with Crippen LogP contribution in [-0.2, 0) is 6.54 Å². The topological polar surface area (TPSA) is 24.5 Å². The van der Waals surface area contributed by atoms with Gasteiger partial charge in [0.05, 0.1) is 7.11 Å². The van der Waals surface area contributed by atoms with E-state index in [-0.39, 0.29) is 0 Å². The molecule has 3 nitrogen and oxygen atoms in total. The molecule has 2 saturated heterocycles. The Bertz CT molecular complexity index is 480. The Morgan fingerprint density at radius 3 is 2.67 bits per heavy atom. The Labute approximate surface area is 132 Å². The fourth-order valence-electron chi connectivity index (χ4n) is 3.92. The average molecular weight is 309 g/mol. The summed E-state index contributed by atoms with van der Waals surface area (Å²) in [5.74, 6) is 0.917. The number of methoxy groups -OCH3 is 1. The Morgan fingerprint density at radius 1 is 1.29 bits per heavy atom. The van der Waals surface area contributed by atoms with Crippen LogP contribution in [0.3, 0.4) is 0 Å². The third-order valence-electron chi connectivity index (χ3n) is 5.16. The molecule has 21 heavy (non-hydrogen) atoms. The van der Waals surface area contributed by atoms with Crippen LogP contribution in [0.25, 0.3) is 0 Å². The van der Waals surface area contributed by atoms with E-state index in [2.05, 4.69) is 17.3 Å². The zero-order chi connectivity index (χ0) is 14.8. The van der Waals surface area contributed by atoms with Crippen LogP contribution in [0.15, 0.2) is 18.2 Å². The fourth-order valence-corrected chi connectivity index (χ4v) is 4.12. The first kappa shape index (κ1) is 15.1. The molecule has 116 valence electrons. The third kappa shape index (κ3) is 3.36. The maximum Gasteiger partial charge on any atom is 0.123 e. The fraction of sp³-hybridized carbons (Fsp3) is 0.647. The van der Waals surface area contributed by atoms with Crippen LogP contribution in [0, 0.1) is 0 Å². The molecular formula is C17H25ClN2O. The van der Waals surface area contributed by atoms with Crippen LogP contribution >= 0.6 is 11.6 Å². The van der Waals surface area contributed by atoms with Crippen LogP contribution in [0.5, 0.6) is 5.75 Å². The number of rotatable bonds is 4. The van der Waals surface area contributed by atoms with Crippen molar-refractivity contribution in [3.8, 4) is 5.75 Å². The maximum absolute atomic E-state index is 6.10. The van der Waals surface area contributed by atoms with Crippen molar-refractivity contribution in [1.29, 1.82) is 0 Å². The second-order valence-electron chi connectivity index (χ2n) is 6.41. The largest absolute Gasteiger partial charge is 0.496 e. The van der Waals surface area contributed by atoms with Gasteiger partial charge in [-0.1, -0.05) is 18.0 Å². The Morgan fingerprint density at radius 2 is 2.00 bits per heavy atom. The SMILES string of the molecule is COc1ccc(Cl)cc1CNC1CC2CCCC(C1)N2C. The molecule has 1 aromatic carbocycles. The van der Waals surface area contributed by atoms with Gasteiger partial charge in [0.2, 0.25) is 0 Å². The number of piperidine rings is 2. The minimum absolute atomic E-state index is 0.611. The number of nitrogens with zero attached hydrogens (tertiary/aromatic N) is 1. The van der Waals surface area contributed by atoms with E-state index in [1.807, 2.05) is 18.2 Å². The normalized spacial score (nSPS) is 29.4. The van der Waals surface area contributed by atoms with Gasteiger partial charge in [0.15, 0.2) is 0 Å². The number of nitrogens with one attached hydrogen (secondary N) is 1. The second-order valence-corrected chi connectivity index (χ2v) is 6.85. The van der Waals surface area contributed by atoms with Crippen molar-refractivity contribution in [2.75, 3.05) is 14.2 Å². The van der Waals surface area contributed by atoms with E-state index >= 15 is 0 Å². The molecule has 3 rings (SSSR count). The monoisotopic (exact) mass is 308 g/mol. The van der Waals surface area contributed by atoms with E-state index in [1.165, 1.54) is 32.1 Å². The quantitative estimate of drug-likeness (QED) is 0.922. The first-order valence-corrected chi connectivity index (χ1v) is 8.33. The smallest absolute Gasteiger partial charge is 0.123 e. The standard InChI is InChI=1S/C17H25ClN2O/c1-20-15-4-3-5-16(20)10-14(9-15)19-11-12-8-13(18)6-7-17(12)21-2/h6-8,14-16,19H,3-5,9-11H2,1-2H3. The first-order valence-electron chi connectivity index (χ1n) is 7.95. The number of ether oxygens (including phenoxy) is 1. The Hall–Kier alpha value is -0.770. The lowest BCUT2D eigenvalue weighted by Crippen LogP contribution is -2.54. The highest BCUT2D eigenvalue weighted by atomic mass is 35.5. The van der Waals surface area contributed by atoms with Gasteiger partial charge in [0.1, 0.15) is 5.75 Å². The lowest BCUT2D eigenvalue weighted by Gasteiger charge is -2.47. The van der Waals surface area contributed by atoms with Crippen LogP contribution in [0.1, 0.15) is 37.7 Å². The Kier molecular flexibility index (Phi) is 4.72. The molecule has 2 aliphatic heterocycles. The van der Waals surface area contributed by atoms with E-state index in [9.17, 15) is 0 Å². The van der Waals surface area contributed by atoms with Gasteiger partial charge in [0.25, 0.3) is 0 Å². The predicted octanol–water partition coefficient (Wildman–Crippen LogP) is 3.45. The molecule has 2 fully saturated rings. The van der Waals surface area contributed by atoms with Crippen molar-refractivity contribution < 1.29 is 4.74 Å².